The van der Waals surface area contributed by atoms with Crippen LogP contribution in [0.25, 0.3) is 21.9 Å². The van der Waals surface area contributed by atoms with Gasteiger partial charge in [0, 0.05) is 0 Å². The summed E-state index contributed by atoms with van der Waals surface area (Å²) in [6, 6.07) is 3.65. The number of nitrogens with one attached hydrogen (secondary N) is 1. The second-order valence-electron chi connectivity index (χ2n) is 3.84. The fourth-order valence-electron chi connectivity index (χ4n) is 1.77. The number of nitrogen functional groups attached to an aromatic ring is 1. The molecule has 0 saturated carbocycles. The summed E-state index contributed by atoms with van der Waals surface area (Å²) in [6.07, 6.45) is 0. The third kappa shape index (κ3) is 1.66. The standard InChI is InChI=1S/C11H11N5S/c1-5-9(17-6(2)13-5)11-14-7-3-4-8(12)15-10(7)16-11/h3-4H,1-2H3,(H3,12,14,15,16). The molecule has 0 saturated heterocycles. The van der Waals surface area contributed by atoms with E-state index in [1.54, 1.807) is 17.4 Å². The molecule has 6 heteroatoms. The predicted octanol–water partition coefficient (Wildman–Crippen LogP) is 2.28. The van der Waals surface area contributed by atoms with Crippen molar-refractivity contribution in [1.29, 1.82) is 0 Å². The maximum absolute atomic E-state index is 5.63. The molecule has 0 bridgehead atoms. The Hall–Kier alpha value is -1.95. The van der Waals surface area contributed by atoms with E-state index in [4.69, 9.17) is 5.73 Å². The van der Waals surface area contributed by atoms with Crippen LogP contribution in [0.3, 0.4) is 0 Å². The van der Waals surface area contributed by atoms with Crippen molar-refractivity contribution in [2.75, 3.05) is 5.73 Å². The molecule has 0 spiro atoms. The van der Waals surface area contributed by atoms with Gasteiger partial charge < -0.3 is 10.7 Å². The van der Waals surface area contributed by atoms with Crippen LogP contribution in [-0.2, 0) is 0 Å². The highest BCUT2D eigenvalue weighted by Gasteiger charge is 2.12. The number of hydrogen-bond acceptors (Lipinski definition) is 5. The molecule has 3 aromatic heterocycles. The normalized spacial score (nSPS) is 11.2. The van der Waals surface area contributed by atoms with Crippen LogP contribution in [0.1, 0.15) is 10.7 Å². The van der Waals surface area contributed by atoms with E-state index >= 15 is 0 Å². The second kappa shape index (κ2) is 3.53. The van der Waals surface area contributed by atoms with Crippen LogP contribution in [0, 0.1) is 13.8 Å². The number of imidazole rings is 1. The summed E-state index contributed by atoms with van der Waals surface area (Å²) >= 11 is 1.62. The van der Waals surface area contributed by atoms with Crippen LogP contribution in [0.5, 0.6) is 0 Å². The van der Waals surface area contributed by atoms with E-state index in [-0.39, 0.29) is 0 Å². The monoisotopic (exact) mass is 245 g/mol. The zero-order valence-corrected chi connectivity index (χ0v) is 10.3. The highest BCUT2D eigenvalue weighted by molar-refractivity contribution is 7.15. The number of H-pyrrole nitrogens is 1. The van der Waals surface area contributed by atoms with Crippen molar-refractivity contribution >= 4 is 28.3 Å². The summed E-state index contributed by atoms with van der Waals surface area (Å²) in [5.41, 5.74) is 8.15. The van der Waals surface area contributed by atoms with Crippen molar-refractivity contribution in [2.45, 2.75) is 13.8 Å². The van der Waals surface area contributed by atoms with Gasteiger partial charge >= 0.3 is 0 Å². The lowest BCUT2D eigenvalue weighted by Gasteiger charge is -1.89. The highest BCUT2D eigenvalue weighted by Crippen LogP contribution is 2.28. The molecule has 0 radical (unpaired) electrons. The Bertz CT molecular complexity index is 697. The number of nitrogens with two attached hydrogens (primary N) is 1. The molecule has 0 aliphatic carbocycles. The molecule has 3 aromatic rings. The van der Waals surface area contributed by atoms with Gasteiger partial charge in [0.15, 0.2) is 11.5 Å². The van der Waals surface area contributed by atoms with Crippen molar-refractivity contribution in [3.8, 4) is 10.7 Å². The molecule has 0 amide bonds. The molecule has 0 aromatic carbocycles. The molecule has 5 nitrogen and oxygen atoms in total. The lowest BCUT2D eigenvalue weighted by molar-refractivity contribution is 1.19. The number of pyridine rings is 1. The quantitative estimate of drug-likeness (QED) is 0.689. The minimum Gasteiger partial charge on any atom is -0.384 e. The lowest BCUT2D eigenvalue weighted by atomic mass is 10.4. The number of aromatic amines is 1. The Morgan fingerprint density at radius 3 is 2.71 bits per heavy atom. The van der Waals surface area contributed by atoms with E-state index in [2.05, 4.69) is 19.9 Å². The van der Waals surface area contributed by atoms with Gasteiger partial charge in [0.2, 0.25) is 0 Å². The Labute approximate surface area is 102 Å². The topological polar surface area (TPSA) is 80.5 Å². The Balaban J connectivity index is 2.21. The molecular weight excluding hydrogens is 234 g/mol. The molecule has 0 aliphatic rings. The van der Waals surface area contributed by atoms with Gasteiger partial charge in [-0.3, -0.25) is 0 Å². The number of thiazole rings is 1. The zero-order chi connectivity index (χ0) is 12.0. The number of nitrogens with zero attached hydrogens (tertiary/aromatic N) is 3. The van der Waals surface area contributed by atoms with Gasteiger partial charge in [-0.1, -0.05) is 0 Å². The van der Waals surface area contributed by atoms with E-state index < -0.39 is 0 Å². The molecule has 3 rings (SSSR count). The first-order chi connectivity index (χ1) is 8.13. The first-order valence-electron chi connectivity index (χ1n) is 5.20. The maximum atomic E-state index is 5.63. The summed E-state index contributed by atoms with van der Waals surface area (Å²) in [4.78, 5) is 17.3. The number of hydrogen-bond donors (Lipinski definition) is 2. The van der Waals surface area contributed by atoms with Crippen LogP contribution in [0.2, 0.25) is 0 Å². The SMILES string of the molecule is Cc1nc(C)c(-c2nc3nc(N)ccc3[nH]2)s1. The van der Waals surface area contributed by atoms with Crippen LogP contribution in [0.4, 0.5) is 5.82 Å². The molecule has 86 valence electrons. The first-order valence-corrected chi connectivity index (χ1v) is 6.02. The summed E-state index contributed by atoms with van der Waals surface area (Å²) in [5.74, 6) is 1.29. The number of anilines is 1. The molecule has 3 N–H and O–H groups in total. The fraction of sp³-hybridized carbons (Fsp3) is 0.182. The van der Waals surface area contributed by atoms with Gasteiger partial charge in [0.25, 0.3) is 0 Å². The average molecular weight is 245 g/mol. The van der Waals surface area contributed by atoms with Gasteiger partial charge in [-0.2, -0.15) is 0 Å². The molecule has 0 unspecified atom stereocenters. The van der Waals surface area contributed by atoms with E-state index in [9.17, 15) is 0 Å². The average Bonchev–Trinajstić information content (AvgIpc) is 2.80. The van der Waals surface area contributed by atoms with Crippen LogP contribution < -0.4 is 5.73 Å². The smallest absolute Gasteiger partial charge is 0.180 e. The highest BCUT2D eigenvalue weighted by atomic mass is 32.1. The molecule has 17 heavy (non-hydrogen) atoms. The number of aryl methyl sites for hydroxylation is 2. The maximum Gasteiger partial charge on any atom is 0.180 e. The van der Waals surface area contributed by atoms with E-state index in [0.29, 0.717) is 11.5 Å². The van der Waals surface area contributed by atoms with Crippen LogP contribution in [-0.4, -0.2) is 19.9 Å². The minimum absolute atomic E-state index is 0.479. The number of fused-ring (bicyclic) bond motifs is 1. The summed E-state index contributed by atoms with van der Waals surface area (Å²) < 4.78 is 0. The Morgan fingerprint density at radius 1 is 1.18 bits per heavy atom. The molecule has 0 aliphatic heterocycles. The van der Waals surface area contributed by atoms with Gasteiger partial charge in [0.05, 0.1) is 21.1 Å². The fourth-order valence-corrected chi connectivity index (χ4v) is 2.63. The predicted molar refractivity (Wildman–Crippen MR) is 68.9 cm³/mol. The number of rotatable bonds is 1. The Morgan fingerprint density at radius 2 is 2.00 bits per heavy atom. The Kier molecular flexibility index (Phi) is 2.12. The van der Waals surface area contributed by atoms with E-state index in [1.165, 1.54) is 0 Å². The number of aromatic nitrogens is 4. The molecule has 3 heterocycles. The van der Waals surface area contributed by atoms with Crippen molar-refractivity contribution in [2.24, 2.45) is 0 Å². The van der Waals surface area contributed by atoms with Gasteiger partial charge in [0.1, 0.15) is 5.82 Å². The van der Waals surface area contributed by atoms with Crippen molar-refractivity contribution in [1.82, 2.24) is 19.9 Å². The zero-order valence-electron chi connectivity index (χ0n) is 9.48. The third-order valence-electron chi connectivity index (χ3n) is 2.49. The first kappa shape index (κ1) is 10.2. The van der Waals surface area contributed by atoms with Crippen molar-refractivity contribution in [3.63, 3.8) is 0 Å². The van der Waals surface area contributed by atoms with Gasteiger partial charge in [-0.25, -0.2) is 15.0 Å². The third-order valence-corrected chi connectivity index (χ3v) is 3.57. The van der Waals surface area contributed by atoms with Crippen molar-refractivity contribution < 1.29 is 0 Å². The molecule has 0 atom stereocenters. The van der Waals surface area contributed by atoms with E-state index in [0.717, 1.165) is 26.9 Å². The largest absolute Gasteiger partial charge is 0.384 e. The van der Waals surface area contributed by atoms with Crippen LogP contribution in [0.15, 0.2) is 12.1 Å². The summed E-state index contributed by atoms with van der Waals surface area (Å²) in [7, 11) is 0. The summed E-state index contributed by atoms with van der Waals surface area (Å²) in [6.45, 7) is 3.97. The van der Waals surface area contributed by atoms with Gasteiger partial charge in [-0.15, -0.1) is 11.3 Å². The second-order valence-corrected chi connectivity index (χ2v) is 5.04. The van der Waals surface area contributed by atoms with Crippen molar-refractivity contribution in [3.05, 3.63) is 22.8 Å². The molecular formula is C11H11N5S. The van der Waals surface area contributed by atoms with E-state index in [1.807, 2.05) is 19.9 Å². The van der Waals surface area contributed by atoms with Crippen LogP contribution >= 0.6 is 11.3 Å². The lowest BCUT2D eigenvalue weighted by Crippen LogP contribution is -1.88. The minimum atomic E-state index is 0.479. The molecule has 0 fully saturated rings. The summed E-state index contributed by atoms with van der Waals surface area (Å²) in [5, 5.41) is 1.03. The van der Waals surface area contributed by atoms with Gasteiger partial charge in [-0.05, 0) is 26.0 Å².